The SMILES string of the molecule is COc1cc([C@@H]2C[C@](C)(O)[C@@H]3CC=C(C)[C@@H](O)[C@@H]3O2)ccc1O. The van der Waals surface area contributed by atoms with Gasteiger partial charge in [0.25, 0.3) is 0 Å². The van der Waals surface area contributed by atoms with Crippen molar-refractivity contribution in [1.29, 1.82) is 0 Å². The maximum absolute atomic E-state index is 10.9. The molecule has 5 atom stereocenters. The van der Waals surface area contributed by atoms with Gasteiger partial charge in [0, 0.05) is 12.3 Å². The van der Waals surface area contributed by atoms with Crippen molar-refractivity contribution in [1.82, 2.24) is 0 Å². The Bertz CT molecular complexity index is 622. The van der Waals surface area contributed by atoms with E-state index >= 15 is 0 Å². The molecule has 5 nitrogen and oxygen atoms in total. The summed E-state index contributed by atoms with van der Waals surface area (Å²) in [5.41, 5.74) is 0.764. The van der Waals surface area contributed by atoms with Crippen LogP contribution in [0.2, 0.25) is 0 Å². The normalized spacial score (nSPS) is 37.0. The van der Waals surface area contributed by atoms with Crippen molar-refractivity contribution in [3.8, 4) is 11.5 Å². The number of aromatic hydroxyl groups is 1. The average molecular weight is 320 g/mol. The predicted molar refractivity (Wildman–Crippen MR) is 85.4 cm³/mol. The highest BCUT2D eigenvalue weighted by Crippen LogP contribution is 2.47. The van der Waals surface area contributed by atoms with Gasteiger partial charge in [0.2, 0.25) is 0 Å². The molecule has 1 fully saturated rings. The van der Waals surface area contributed by atoms with Crippen LogP contribution >= 0.6 is 0 Å². The van der Waals surface area contributed by atoms with Crippen molar-refractivity contribution in [3.05, 3.63) is 35.4 Å². The van der Waals surface area contributed by atoms with Crippen LogP contribution in [-0.2, 0) is 4.74 Å². The summed E-state index contributed by atoms with van der Waals surface area (Å²) < 4.78 is 11.3. The lowest BCUT2D eigenvalue weighted by Gasteiger charge is -2.49. The van der Waals surface area contributed by atoms with Crippen molar-refractivity contribution in [2.75, 3.05) is 7.11 Å². The second-order valence-electron chi connectivity index (χ2n) is 6.82. The van der Waals surface area contributed by atoms with Gasteiger partial charge < -0.3 is 24.8 Å². The number of aliphatic hydroxyl groups excluding tert-OH is 1. The number of ether oxygens (including phenoxy) is 2. The number of phenols is 1. The fourth-order valence-corrected chi connectivity index (χ4v) is 3.68. The lowest BCUT2D eigenvalue weighted by atomic mass is 9.70. The number of rotatable bonds is 2. The zero-order valence-corrected chi connectivity index (χ0v) is 13.7. The monoisotopic (exact) mass is 320 g/mol. The van der Waals surface area contributed by atoms with Gasteiger partial charge in [-0.15, -0.1) is 0 Å². The first-order chi connectivity index (χ1) is 10.8. The number of hydrogen-bond donors (Lipinski definition) is 3. The van der Waals surface area contributed by atoms with Crippen molar-refractivity contribution < 1.29 is 24.8 Å². The minimum Gasteiger partial charge on any atom is -0.504 e. The Kier molecular flexibility index (Phi) is 4.12. The minimum atomic E-state index is -0.934. The molecule has 3 rings (SSSR count). The third-order valence-corrected chi connectivity index (χ3v) is 5.16. The van der Waals surface area contributed by atoms with E-state index in [-0.39, 0.29) is 17.8 Å². The van der Waals surface area contributed by atoms with E-state index in [9.17, 15) is 15.3 Å². The largest absolute Gasteiger partial charge is 0.504 e. The van der Waals surface area contributed by atoms with E-state index in [0.29, 0.717) is 18.6 Å². The van der Waals surface area contributed by atoms with Crippen LogP contribution in [0.5, 0.6) is 11.5 Å². The molecule has 0 aromatic heterocycles. The molecule has 1 aliphatic heterocycles. The summed E-state index contributed by atoms with van der Waals surface area (Å²) in [5, 5.41) is 31.1. The van der Waals surface area contributed by atoms with E-state index in [1.165, 1.54) is 7.11 Å². The van der Waals surface area contributed by atoms with Crippen LogP contribution in [0.4, 0.5) is 0 Å². The van der Waals surface area contributed by atoms with Crippen LogP contribution in [0, 0.1) is 5.92 Å². The lowest BCUT2D eigenvalue weighted by molar-refractivity contribution is -0.206. The van der Waals surface area contributed by atoms with Gasteiger partial charge in [0.05, 0.1) is 24.9 Å². The highest BCUT2D eigenvalue weighted by atomic mass is 16.5. The Morgan fingerprint density at radius 2 is 2.09 bits per heavy atom. The Labute approximate surface area is 136 Å². The molecule has 3 N–H and O–H groups in total. The van der Waals surface area contributed by atoms with Gasteiger partial charge in [0.15, 0.2) is 11.5 Å². The van der Waals surface area contributed by atoms with E-state index in [1.807, 2.05) is 13.0 Å². The van der Waals surface area contributed by atoms with Crippen LogP contribution in [0.15, 0.2) is 29.8 Å². The summed E-state index contributed by atoms with van der Waals surface area (Å²) in [5.74, 6) is 0.303. The molecule has 1 heterocycles. The minimum absolute atomic E-state index is 0.0631. The topological polar surface area (TPSA) is 79.2 Å². The molecule has 126 valence electrons. The van der Waals surface area contributed by atoms with Gasteiger partial charge >= 0.3 is 0 Å². The maximum atomic E-state index is 10.9. The Morgan fingerprint density at radius 3 is 2.78 bits per heavy atom. The van der Waals surface area contributed by atoms with Crippen LogP contribution in [0.1, 0.15) is 38.4 Å². The van der Waals surface area contributed by atoms with Gasteiger partial charge in [-0.25, -0.2) is 0 Å². The molecule has 0 amide bonds. The maximum Gasteiger partial charge on any atom is 0.160 e. The molecule has 0 spiro atoms. The summed E-state index contributed by atoms with van der Waals surface area (Å²) in [6, 6.07) is 5.03. The second kappa shape index (κ2) is 5.82. The molecule has 1 saturated heterocycles. The Hall–Kier alpha value is -1.56. The quantitative estimate of drug-likeness (QED) is 0.729. The molecular weight excluding hydrogens is 296 g/mol. The fraction of sp³-hybridized carbons (Fsp3) is 0.556. The number of hydrogen-bond acceptors (Lipinski definition) is 5. The van der Waals surface area contributed by atoms with E-state index in [2.05, 4.69) is 0 Å². The number of allylic oxidation sites excluding steroid dienone is 1. The number of methoxy groups -OCH3 is 1. The van der Waals surface area contributed by atoms with Crippen LogP contribution < -0.4 is 4.74 Å². The molecule has 1 aliphatic carbocycles. The summed E-state index contributed by atoms with van der Waals surface area (Å²) in [6.07, 6.45) is 1.61. The number of aliphatic hydroxyl groups is 2. The number of fused-ring (bicyclic) bond motifs is 1. The third kappa shape index (κ3) is 2.84. The number of benzene rings is 1. The highest BCUT2D eigenvalue weighted by molar-refractivity contribution is 5.42. The van der Waals surface area contributed by atoms with Crippen LogP contribution in [-0.4, -0.2) is 40.2 Å². The van der Waals surface area contributed by atoms with Crippen LogP contribution in [0.25, 0.3) is 0 Å². The highest BCUT2D eigenvalue weighted by Gasteiger charge is 2.49. The molecule has 23 heavy (non-hydrogen) atoms. The Morgan fingerprint density at radius 1 is 1.35 bits per heavy atom. The van der Waals surface area contributed by atoms with E-state index < -0.39 is 17.8 Å². The molecule has 5 heteroatoms. The summed E-state index contributed by atoms with van der Waals surface area (Å²) in [7, 11) is 1.49. The van der Waals surface area contributed by atoms with Gasteiger partial charge in [0.1, 0.15) is 6.10 Å². The molecular formula is C18H24O5. The summed E-state index contributed by atoms with van der Waals surface area (Å²) >= 11 is 0. The fourth-order valence-electron chi connectivity index (χ4n) is 3.68. The van der Waals surface area contributed by atoms with Gasteiger partial charge in [-0.3, -0.25) is 0 Å². The molecule has 1 aromatic carbocycles. The van der Waals surface area contributed by atoms with Gasteiger partial charge in [-0.1, -0.05) is 12.1 Å². The summed E-state index contributed by atoms with van der Waals surface area (Å²) in [4.78, 5) is 0. The average Bonchev–Trinajstić information content (AvgIpc) is 2.51. The number of phenolic OH excluding ortho intramolecular Hbond substituents is 1. The zero-order valence-electron chi connectivity index (χ0n) is 13.7. The zero-order chi connectivity index (χ0) is 16.8. The van der Waals surface area contributed by atoms with Crippen molar-refractivity contribution in [2.24, 2.45) is 5.92 Å². The summed E-state index contributed by atoms with van der Waals surface area (Å²) in [6.45, 7) is 3.69. The molecule has 0 saturated carbocycles. The molecule has 1 aromatic rings. The standard InChI is InChI=1S/C18H24O5/c1-10-4-6-12-17(16(10)20)23-15(9-18(12,2)21)11-5-7-13(19)14(8-11)22-3/h4-5,7-8,12,15-17,19-21H,6,9H2,1-3H3/t12-,15+,16-,17-,18+/m1/s1. The molecule has 0 bridgehead atoms. The van der Waals surface area contributed by atoms with Crippen LogP contribution in [0.3, 0.4) is 0 Å². The molecule has 0 unspecified atom stereocenters. The Balaban J connectivity index is 1.92. The van der Waals surface area contributed by atoms with E-state index in [0.717, 1.165) is 11.1 Å². The van der Waals surface area contributed by atoms with E-state index in [1.54, 1.807) is 25.1 Å². The van der Waals surface area contributed by atoms with Crippen molar-refractivity contribution in [2.45, 2.75) is 50.6 Å². The molecule has 2 aliphatic rings. The smallest absolute Gasteiger partial charge is 0.160 e. The van der Waals surface area contributed by atoms with Gasteiger partial charge in [-0.05, 0) is 43.5 Å². The molecule has 0 radical (unpaired) electrons. The predicted octanol–water partition coefficient (Wildman–Crippen LogP) is 2.31. The van der Waals surface area contributed by atoms with E-state index in [4.69, 9.17) is 9.47 Å². The first kappa shape index (κ1) is 16.3. The second-order valence-corrected chi connectivity index (χ2v) is 6.82. The van der Waals surface area contributed by atoms with Crippen molar-refractivity contribution >= 4 is 0 Å². The first-order valence-corrected chi connectivity index (χ1v) is 7.93. The van der Waals surface area contributed by atoms with Gasteiger partial charge in [-0.2, -0.15) is 0 Å². The van der Waals surface area contributed by atoms with Crippen molar-refractivity contribution in [3.63, 3.8) is 0 Å². The first-order valence-electron chi connectivity index (χ1n) is 7.93. The lowest BCUT2D eigenvalue weighted by Crippen LogP contribution is -2.55. The third-order valence-electron chi connectivity index (χ3n) is 5.16.